The van der Waals surface area contributed by atoms with Crippen molar-refractivity contribution in [3.63, 3.8) is 0 Å². The van der Waals surface area contributed by atoms with Crippen molar-refractivity contribution in [3.8, 4) is 0 Å². The minimum Gasteiger partial charge on any atom is -0.465 e. The van der Waals surface area contributed by atoms with E-state index < -0.39 is 5.97 Å². The molecule has 116 valence electrons. The lowest BCUT2D eigenvalue weighted by Crippen LogP contribution is -2.43. The number of esters is 1. The molecule has 1 heterocycles. The van der Waals surface area contributed by atoms with Crippen molar-refractivity contribution in [1.29, 1.82) is 0 Å². The Morgan fingerprint density at radius 2 is 2.05 bits per heavy atom. The standard InChI is InChI=1S/C14H19BrN2O4/c1-4-21-14(20)9-17(10(2)3)13(19)8-16-7-11(15)5-6-12(16)18/h5-7,10H,4,8-9H2,1-3H3. The van der Waals surface area contributed by atoms with Gasteiger partial charge in [-0.05, 0) is 42.8 Å². The van der Waals surface area contributed by atoms with Crippen LogP contribution in [0.15, 0.2) is 27.6 Å². The molecule has 0 saturated carbocycles. The Kier molecular flexibility index (Phi) is 6.61. The van der Waals surface area contributed by atoms with Crippen LogP contribution in [-0.2, 0) is 20.9 Å². The number of hydrogen-bond acceptors (Lipinski definition) is 4. The van der Waals surface area contributed by atoms with Crippen LogP contribution in [-0.4, -0.2) is 40.5 Å². The van der Waals surface area contributed by atoms with Crippen LogP contribution in [0.4, 0.5) is 0 Å². The van der Waals surface area contributed by atoms with Gasteiger partial charge in [-0.25, -0.2) is 0 Å². The van der Waals surface area contributed by atoms with Crippen LogP contribution in [0.1, 0.15) is 20.8 Å². The second kappa shape index (κ2) is 7.97. The number of amides is 1. The normalized spacial score (nSPS) is 10.5. The maximum Gasteiger partial charge on any atom is 0.325 e. The van der Waals surface area contributed by atoms with Gasteiger partial charge in [-0.2, -0.15) is 0 Å². The highest BCUT2D eigenvalue weighted by atomic mass is 79.9. The van der Waals surface area contributed by atoms with E-state index in [1.165, 1.54) is 15.5 Å². The minimum absolute atomic E-state index is 0.115. The molecule has 1 amide bonds. The molecule has 1 aromatic heterocycles. The van der Waals surface area contributed by atoms with Crippen LogP contribution < -0.4 is 5.56 Å². The molecule has 21 heavy (non-hydrogen) atoms. The molecule has 0 aliphatic carbocycles. The van der Waals surface area contributed by atoms with E-state index in [2.05, 4.69) is 15.9 Å². The molecule has 0 atom stereocenters. The molecule has 0 unspecified atom stereocenters. The number of aromatic nitrogens is 1. The Bertz CT molecular complexity index is 568. The summed E-state index contributed by atoms with van der Waals surface area (Å²) in [6.07, 6.45) is 1.54. The first-order valence-corrected chi connectivity index (χ1v) is 7.45. The summed E-state index contributed by atoms with van der Waals surface area (Å²) in [5, 5.41) is 0. The lowest BCUT2D eigenvalue weighted by Gasteiger charge is -2.26. The molecule has 6 nitrogen and oxygen atoms in total. The Balaban J connectivity index is 2.84. The van der Waals surface area contributed by atoms with Crippen LogP contribution in [0.2, 0.25) is 0 Å². The molecule has 0 fully saturated rings. The number of nitrogens with zero attached hydrogens (tertiary/aromatic N) is 2. The molecule has 0 aliphatic rings. The first-order chi connectivity index (χ1) is 9.85. The first-order valence-electron chi connectivity index (χ1n) is 6.66. The second-order valence-corrected chi connectivity index (χ2v) is 5.65. The molecule has 0 radical (unpaired) electrons. The fourth-order valence-electron chi connectivity index (χ4n) is 1.77. The average molecular weight is 359 g/mol. The van der Waals surface area contributed by atoms with E-state index in [1.807, 2.05) is 0 Å². The fourth-order valence-corrected chi connectivity index (χ4v) is 2.15. The molecule has 7 heteroatoms. The quantitative estimate of drug-likeness (QED) is 0.721. The monoisotopic (exact) mass is 358 g/mol. The molecule has 0 spiro atoms. The van der Waals surface area contributed by atoms with Crippen molar-refractivity contribution < 1.29 is 14.3 Å². The molecule has 1 aromatic rings. The second-order valence-electron chi connectivity index (χ2n) is 4.73. The van der Waals surface area contributed by atoms with Gasteiger partial charge in [0, 0.05) is 22.8 Å². The van der Waals surface area contributed by atoms with E-state index in [4.69, 9.17) is 4.74 Å². The van der Waals surface area contributed by atoms with E-state index in [0.29, 0.717) is 4.47 Å². The third-order valence-electron chi connectivity index (χ3n) is 2.80. The van der Waals surface area contributed by atoms with Crippen LogP contribution in [0.25, 0.3) is 0 Å². The van der Waals surface area contributed by atoms with Crippen LogP contribution >= 0.6 is 15.9 Å². The van der Waals surface area contributed by atoms with E-state index in [0.717, 1.165) is 0 Å². The number of carbonyl (C=O) groups is 2. The highest BCUT2D eigenvalue weighted by Crippen LogP contribution is 2.06. The van der Waals surface area contributed by atoms with Gasteiger partial charge in [0.05, 0.1) is 6.61 Å². The smallest absolute Gasteiger partial charge is 0.325 e. The van der Waals surface area contributed by atoms with Gasteiger partial charge >= 0.3 is 5.97 Å². The Labute approximate surface area is 131 Å². The molecular formula is C14H19BrN2O4. The van der Waals surface area contributed by atoms with Crippen molar-refractivity contribution in [2.75, 3.05) is 13.2 Å². The molecule has 0 saturated heterocycles. The SMILES string of the molecule is CCOC(=O)CN(C(=O)Cn1cc(Br)ccc1=O)C(C)C. The summed E-state index contributed by atoms with van der Waals surface area (Å²) in [6, 6.07) is 2.83. The van der Waals surface area contributed by atoms with Gasteiger partial charge in [0.15, 0.2) is 0 Å². The van der Waals surface area contributed by atoms with Gasteiger partial charge in [0.1, 0.15) is 13.1 Å². The maximum absolute atomic E-state index is 12.3. The number of hydrogen-bond donors (Lipinski definition) is 0. The van der Waals surface area contributed by atoms with Gasteiger partial charge in [0.25, 0.3) is 5.56 Å². The number of pyridine rings is 1. The molecule has 0 N–H and O–H groups in total. The largest absolute Gasteiger partial charge is 0.465 e. The third kappa shape index (κ3) is 5.34. The Morgan fingerprint density at radius 1 is 1.38 bits per heavy atom. The topological polar surface area (TPSA) is 68.6 Å². The summed E-state index contributed by atoms with van der Waals surface area (Å²) < 4.78 is 6.86. The van der Waals surface area contributed by atoms with Gasteiger partial charge in [-0.1, -0.05) is 0 Å². The van der Waals surface area contributed by atoms with Crippen molar-refractivity contribution in [1.82, 2.24) is 9.47 Å². The van der Waals surface area contributed by atoms with E-state index >= 15 is 0 Å². The number of carbonyl (C=O) groups excluding carboxylic acids is 2. The zero-order chi connectivity index (χ0) is 16.0. The number of ether oxygens (including phenoxy) is 1. The van der Waals surface area contributed by atoms with Gasteiger partial charge < -0.3 is 14.2 Å². The van der Waals surface area contributed by atoms with Gasteiger partial charge in [-0.15, -0.1) is 0 Å². The van der Waals surface area contributed by atoms with Crippen molar-refractivity contribution in [3.05, 3.63) is 33.2 Å². The minimum atomic E-state index is -0.457. The van der Waals surface area contributed by atoms with Crippen molar-refractivity contribution >= 4 is 27.8 Å². The number of halogens is 1. The molecule has 0 bridgehead atoms. The highest BCUT2D eigenvalue weighted by molar-refractivity contribution is 9.10. The maximum atomic E-state index is 12.3. The van der Waals surface area contributed by atoms with Crippen LogP contribution in [0.5, 0.6) is 0 Å². The fraction of sp³-hybridized carbons (Fsp3) is 0.500. The van der Waals surface area contributed by atoms with Crippen molar-refractivity contribution in [2.24, 2.45) is 0 Å². The summed E-state index contributed by atoms with van der Waals surface area (Å²) in [5.41, 5.74) is -0.272. The van der Waals surface area contributed by atoms with Crippen LogP contribution in [0.3, 0.4) is 0 Å². The average Bonchev–Trinajstić information content (AvgIpc) is 2.40. The molecule has 0 aliphatic heterocycles. The van der Waals surface area contributed by atoms with Gasteiger partial charge in [-0.3, -0.25) is 14.4 Å². The predicted octanol–water partition coefficient (Wildman–Crippen LogP) is 1.41. The molecule has 1 rings (SSSR count). The summed E-state index contributed by atoms with van der Waals surface area (Å²) in [7, 11) is 0. The van der Waals surface area contributed by atoms with Gasteiger partial charge in [0.2, 0.25) is 5.91 Å². The molecular weight excluding hydrogens is 340 g/mol. The summed E-state index contributed by atoms with van der Waals surface area (Å²) in [5.74, 6) is -0.764. The zero-order valence-corrected chi connectivity index (χ0v) is 13.9. The zero-order valence-electron chi connectivity index (χ0n) is 12.3. The highest BCUT2D eigenvalue weighted by Gasteiger charge is 2.21. The lowest BCUT2D eigenvalue weighted by molar-refractivity contribution is -0.150. The summed E-state index contributed by atoms with van der Waals surface area (Å²) >= 11 is 3.25. The Morgan fingerprint density at radius 3 is 2.62 bits per heavy atom. The molecule has 0 aromatic carbocycles. The van der Waals surface area contributed by atoms with E-state index in [-0.39, 0.29) is 37.2 Å². The lowest BCUT2D eigenvalue weighted by atomic mass is 10.3. The summed E-state index contributed by atoms with van der Waals surface area (Å²) in [4.78, 5) is 36.9. The van der Waals surface area contributed by atoms with E-state index in [1.54, 1.807) is 33.0 Å². The third-order valence-corrected chi connectivity index (χ3v) is 3.27. The van der Waals surface area contributed by atoms with Crippen LogP contribution in [0, 0.1) is 0 Å². The Hall–Kier alpha value is -1.63. The predicted molar refractivity (Wildman–Crippen MR) is 81.9 cm³/mol. The first kappa shape index (κ1) is 17.4. The van der Waals surface area contributed by atoms with Crippen molar-refractivity contribution in [2.45, 2.75) is 33.4 Å². The number of rotatable bonds is 6. The summed E-state index contributed by atoms with van der Waals surface area (Å²) in [6.45, 7) is 5.36. The van der Waals surface area contributed by atoms with E-state index in [9.17, 15) is 14.4 Å².